The van der Waals surface area contributed by atoms with Gasteiger partial charge in [0.25, 0.3) is 0 Å². The first-order valence-corrected chi connectivity index (χ1v) is 6.82. The number of carbonyl (C=O) groups excluding carboxylic acids is 1. The van der Waals surface area contributed by atoms with Gasteiger partial charge < -0.3 is 0 Å². The van der Waals surface area contributed by atoms with E-state index in [0.29, 0.717) is 12.6 Å². The lowest BCUT2D eigenvalue weighted by atomic mass is 10.2. The van der Waals surface area contributed by atoms with Crippen molar-refractivity contribution < 1.29 is 4.79 Å². The van der Waals surface area contributed by atoms with E-state index in [0.717, 1.165) is 10.2 Å². The summed E-state index contributed by atoms with van der Waals surface area (Å²) >= 11 is 2.25. The Hall–Kier alpha value is -0.430. The van der Waals surface area contributed by atoms with E-state index in [9.17, 15) is 4.79 Å². The average Bonchev–Trinajstić information content (AvgIpc) is 2.43. The van der Waals surface area contributed by atoms with Crippen LogP contribution in [0.3, 0.4) is 0 Å². The number of carbonyl (C=O) groups is 1. The summed E-state index contributed by atoms with van der Waals surface area (Å²) in [6, 6.07) is 0.356. The van der Waals surface area contributed by atoms with E-state index >= 15 is 0 Å². The van der Waals surface area contributed by atoms with Crippen LogP contribution in [0.1, 0.15) is 32.0 Å². The Balaban J connectivity index is 2.89. The van der Waals surface area contributed by atoms with Crippen molar-refractivity contribution in [2.75, 3.05) is 6.54 Å². The fourth-order valence-electron chi connectivity index (χ4n) is 1.70. The molecular formula is C12H20IN3O. The molecule has 0 bridgehead atoms. The number of aromatic nitrogens is 2. The Kier molecular flexibility index (Phi) is 5.12. The molecule has 0 radical (unpaired) electrons. The number of rotatable bonds is 5. The highest BCUT2D eigenvalue weighted by Crippen LogP contribution is 2.18. The Labute approximate surface area is 117 Å². The fourth-order valence-corrected chi connectivity index (χ4v) is 2.59. The summed E-state index contributed by atoms with van der Waals surface area (Å²) in [5, 5.41) is 4.39. The zero-order valence-corrected chi connectivity index (χ0v) is 13.3. The van der Waals surface area contributed by atoms with E-state index in [1.165, 1.54) is 11.3 Å². The van der Waals surface area contributed by atoms with Crippen molar-refractivity contribution in [2.24, 2.45) is 7.05 Å². The first-order chi connectivity index (χ1) is 7.82. The second kappa shape index (κ2) is 5.95. The third-order valence-electron chi connectivity index (χ3n) is 2.93. The van der Waals surface area contributed by atoms with E-state index in [2.05, 4.69) is 53.4 Å². The molecule has 0 fully saturated rings. The Morgan fingerprint density at radius 3 is 2.47 bits per heavy atom. The normalized spacial score (nSPS) is 11.5. The average molecular weight is 349 g/mol. The Bertz CT molecular complexity index is 412. The van der Waals surface area contributed by atoms with E-state index < -0.39 is 0 Å². The van der Waals surface area contributed by atoms with Gasteiger partial charge in [-0.1, -0.05) is 0 Å². The molecule has 96 valence electrons. The van der Waals surface area contributed by atoms with Crippen LogP contribution in [0.25, 0.3) is 0 Å². The van der Waals surface area contributed by atoms with Gasteiger partial charge in [-0.25, -0.2) is 0 Å². The molecule has 0 atom stereocenters. The van der Waals surface area contributed by atoms with Crippen molar-refractivity contribution in [2.45, 2.75) is 40.3 Å². The summed E-state index contributed by atoms with van der Waals surface area (Å²) in [6.45, 7) is 9.22. The summed E-state index contributed by atoms with van der Waals surface area (Å²) in [4.78, 5) is 13.4. The van der Waals surface area contributed by atoms with Gasteiger partial charge in [-0.05, 0) is 50.3 Å². The highest BCUT2D eigenvalue weighted by Gasteiger charge is 2.17. The second-order valence-corrected chi connectivity index (χ2v) is 5.70. The molecule has 0 unspecified atom stereocenters. The molecule has 0 aromatic carbocycles. The molecule has 5 heteroatoms. The van der Waals surface area contributed by atoms with E-state index in [4.69, 9.17) is 0 Å². The molecule has 17 heavy (non-hydrogen) atoms. The third-order valence-corrected chi connectivity index (χ3v) is 3.79. The minimum atomic E-state index is 0.204. The number of nitrogens with zero attached hydrogens (tertiary/aromatic N) is 3. The SMILES string of the molecule is CC(=O)CN(Cc1c(I)nn(C)c1C)C(C)C. The van der Waals surface area contributed by atoms with Gasteiger partial charge in [-0.2, -0.15) is 5.10 Å². The van der Waals surface area contributed by atoms with Crippen LogP contribution in [0, 0.1) is 10.6 Å². The van der Waals surface area contributed by atoms with Crippen LogP contribution in [0.2, 0.25) is 0 Å². The predicted octanol–water partition coefficient (Wildman–Crippen LogP) is 2.13. The first kappa shape index (κ1) is 14.6. The third kappa shape index (κ3) is 3.77. The van der Waals surface area contributed by atoms with Crippen molar-refractivity contribution in [3.63, 3.8) is 0 Å². The molecule has 0 aliphatic rings. The van der Waals surface area contributed by atoms with Crippen LogP contribution < -0.4 is 0 Å². The van der Waals surface area contributed by atoms with Crippen LogP contribution in [0.4, 0.5) is 0 Å². The monoisotopic (exact) mass is 349 g/mol. The van der Waals surface area contributed by atoms with Crippen molar-refractivity contribution in [1.82, 2.24) is 14.7 Å². The van der Waals surface area contributed by atoms with Gasteiger partial charge in [0, 0.05) is 30.9 Å². The Morgan fingerprint density at radius 2 is 2.12 bits per heavy atom. The number of aryl methyl sites for hydroxylation is 1. The minimum absolute atomic E-state index is 0.204. The lowest BCUT2D eigenvalue weighted by molar-refractivity contribution is -0.118. The highest BCUT2D eigenvalue weighted by atomic mass is 127. The first-order valence-electron chi connectivity index (χ1n) is 5.74. The maximum absolute atomic E-state index is 11.3. The van der Waals surface area contributed by atoms with Gasteiger partial charge in [0.05, 0.1) is 6.54 Å². The number of hydrogen-bond acceptors (Lipinski definition) is 3. The predicted molar refractivity (Wildman–Crippen MR) is 76.9 cm³/mol. The molecule has 0 spiro atoms. The maximum atomic E-state index is 11.3. The molecule has 0 amide bonds. The molecule has 1 rings (SSSR count). The quantitative estimate of drug-likeness (QED) is 0.765. The molecule has 0 saturated heterocycles. The fraction of sp³-hybridized carbons (Fsp3) is 0.667. The van der Waals surface area contributed by atoms with E-state index in [-0.39, 0.29) is 5.78 Å². The van der Waals surface area contributed by atoms with Crippen molar-refractivity contribution in [1.29, 1.82) is 0 Å². The molecule has 0 aliphatic carbocycles. The molecule has 4 nitrogen and oxygen atoms in total. The smallest absolute Gasteiger partial charge is 0.143 e. The van der Waals surface area contributed by atoms with Gasteiger partial charge in [0.1, 0.15) is 9.48 Å². The second-order valence-electron chi connectivity index (χ2n) is 4.68. The number of Topliss-reactive ketones (excluding diaryl/α,β-unsaturated/α-hetero) is 1. The largest absolute Gasteiger partial charge is 0.299 e. The van der Waals surface area contributed by atoms with Gasteiger partial charge in [-0.15, -0.1) is 0 Å². The summed E-state index contributed by atoms with van der Waals surface area (Å²) in [6.07, 6.45) is 0. The number of ketones is 1. The highest BCUT2D eigenvalue weighted by molar-refractivity contribution is 14.1. The summed E-state index contributed by atoms with van der Waals surface area (Å²) in [7, 11) is 1.95. The van der Waals surface area contributed by atoms with Crippen LogP contribution >= 0.6 is 22.6 Å². The minimum Gasteiger partial charge on any atom is -0.299 e. The van der Waals surface area contributed by atoms with E-state index in [1.807, 2.05) is 11.7 Å². The summed E-state index contributed by atoms with van der Waals surface area (Å²) < 4.78 is 2.92. The number of halogens is 1. The molecule has 1 aromatic rings. The standard InChI is InChI=1S/C12H20IN3O/c1-8(2)16(6-9(3)17)7-11-10(4)15(5)14-12(11)13/h8H,6-7H2,1-5H3. The molecule has 1 heterocycles. The molecule has 0 aliphatic heterocycles. The van der Waals surface area contributed by atoms with Crippen LogP contribution in [-0.2, 0) is 18.4 Å². The van der Waals surface area contributed by atoms with Gasteiger partial charge in [0.15, 0.2) is 0 Å². The topological polar surface area (TPSA) is 38.1 Å². The molecule has 0 saturated carbocycles. The van der Waals surface area contributed by atoms with E-state index in [1.54, 1.807) is 6.92 Å². The summed E-state index contributed by atoms with van der Waals surface area (Å²) in [5.41, 5.74) is 2.40. The molecular weight excluding hydrogens is 329 g/mol. The Morgan fingerprint density at radius 1 is 1.53 bits per heavy atom. The van der Waals surface area contributed by atoms with Crippen molar-refractivity contribution in [3.8, 4) is 0 Å². The van der Waals surface area contributed by atoms with Gasteiger partial charge >= 0.3 is 0 Å². The van der Waals surface area contributed by atoms with Crippen LogP contribution in [0.5, 0.6) is 0 Å². The zero-order chi connectivity index (χ0) is 13.2. The lowest BCUT2D eigenvalue weighted by Gasteiger charge is -2.25. The van der Waals surface area contributed by atoms with Crippen LogP contribution in [-0.4, -0.2) is 33.1 Å². The number of hydrogen-bond donors (Lipinski definition) is 0. The maximum Gasteiger partial charge on any atom is 0.143 e. The molecule has 0 N–H and O–H groups in total. The van der Waals surface area contributed by atoms with Crippen molar-refractivity contribution in [3.05, 3.63) is 15.0 Å². The van der Waals surface area contributed by atoms with Gasteiger partial charge in [0.2, 0.25) is 0 Å². The molecule has 1 aromatic heterocycles. The van der Waals surface area contributed by atoms with Crippen LogP contribution in [0.15, 0.2) is 0 Å². The lowest BCUT2D eigenvalue weighted by Crippen LogP contribution is -2.34. The van der Waals surface area contributed by atoms with Gasteiger partial charge in [-0.3, -0.25) is 14.4 Å². The zero-order valence-electron chi connectivity index (χ0n) is 11.1. The summed E-state index contributed by atoms with van der Waals surface area (Å²) in [5.74, 6) is 0.204. The van der Waals surface area contributed by atoms with Crippen molar-refractivity contribution >= 4 is 28.4 Å².